The van der Waals surface area contributed by atoms with Crippen molar-refractivity contribution in [1.29, 1.82) is 0 Å². The molecule has 0 N–H and O–H groups in total. The third kappa shape index (κ3) is 2.37. The number of hydrogen-bond acceptors (Lipinski definition) is 1. The fourth-order valence-electron chi connectivity index (χ4n) is 3.36. The molecule has 0 spiro atoms. The number of carbonyl (C=O) groups is 1. The van der Waals surface area contributed by atoms with Gasteiger partial charge in [-0.15, -0.1) is 0 Å². The summed E-state index contributed by atoms with van der Waals surface area (Å²) in [6.07, 6.45) is 11.3. The van der Waals surface area contributed by atoms with Gasteiger partial charge in [0.1, 0.15) is 5.78 Å². The topological polar surface area (TPSA) is 17.1 Å². The minimum atomic E-state index is 0.374. The lowest BCUT2D eigenvalue weighted by Gasteiger charge is -2.30. The van der Waals surface area contributed by atoms with Crippen LogP contribution >= 0.6 is 0 Å². The highest BCUT2D eigenvalue weighted by atomic mass is 16.1. The first-order chi connectivity index (χ1) is 6.68. The van der Waals surface area contributed by atoms with Gasteiger partial charge < -0.3 is 0 Å². The van der Waals surface area contributed by atoms with E-state index in [4.69, 9.17) is 0 Å². The lowest BCUT2D eigenvalue weighted by atomic mass is 9.74. The zero-order valence-electron chi connectivity index (χ0n) is 9.35. The van der Waals surface area contributed by atoms with Crippen molar-refractivity contribution in [3.63, 3.8) is 0 Å². The van der Waals surface area contributed by atoms with Gasteiger partial charge in [-0.25, -0.2) is 0 Å². The summed E-state index contributed by atoms with van der Waals surface area (Å²) < 4.78 is 0. The van der Waals surface area contributed by atoms with Crippen molar-refractivity contribution < 1.29 is 4.79 Å². The largest absolute Gasteiger partial charge is 0.300 e. The minimum absolute atomic E-state index is 0.374. The van der Waals surface area contributed by atoms with Crippen molar-refractivity contribution in [3.05, 3.63) is 0 Å². The third-order valence-corrected chi connectivity index (χ3v) is 4.14. The molecule has 0 aromatic heterocycles. The summed E-state index contributed by atoms with van der Waals surface area (Å²) in [6, 6.07) is 0. The van der Waals surface area contributed by atoms with Crippen LogP contribution in [0.5, 0.6) is 0 Å². The van der Waals surface area contributed by atoms with Crippen LogP contribution in [0, 0.1) is 11.3 Å². The predicted octanol–water partition coefficient (Wildman–Crippen LogP) is 3.72. The molecule has 0 aromatic rings. The molecule has 1 nitrogen and oxygen atoms in total. The molecule has 1 unspecified atom stereocenters. The molecule has 1 atom stereocenters. The van der Waals surface area contributed by atoms with Gasteiger partial charge in [-0.2, -0.15) is 0 Å². The highest BCUT2D eigenvalue weighted by Crippen LogP contribution is 2.43. The zero-order valence-corrected chi connectivity index (χ0v) is 9.35. The maximum absolute atomic E-state index is 11.3. The Hall–Kier alpha value is -0.330. The minimum Gasteiger partial charge on any atom is -0.300 e. The van der Waals surface area contributed by atoms with E-state index in [2.05, 4.69) is 6.92 Å². The van der Waals surface area contributed by atoms with E-state index >= 15 is 0 Å². The van der Waals surface area contributed by atoms with E-state index < -0.39 is 0 Å². The summed E-state index contributed by atoms with van der Waals surface area (Å²) >= 11 is 0. The van der Waals surface area contributed by atoms with Gasteiger partial charge in [0.05, 0.1) is 0 Å². The van der Waals surface area contributed by atoms with Crippen LogP contribution in [-0.2, 0) is 4.79 Å². The van der Waals surface area contributed by atoms with E-state index in [-0.39, 0.29) is 0 Å². The summed E-state index contributed by atoms with van der Waals surface area (Å²) in [7, 11) is 0. The van der Waals surface area contributed by atoms with Gasteiger partial charge >= 0.3 is 0 Å². The fraction of sp³-hybridized carbons (Fsp3) is 0.923. The molecule has 0 radical (unpaired) electrons. The molecule has 80 valence electrons. The normalized spacial score (nSPS) is 35.1. The van der Waals surface area contributed by atoms with E-state index in [9.17, 15) is 4.79 Å². The van der Waals surface area contributed by atoms with Gasteiger partial charge in [-0.05, 0) is 24.2 Å². The van der Waals surface area contributed by atoms with E-state index in [1.54, 1.807) is 0 Å². The first-order valence-corrected chi connectivity index (χ1v) is 6.20. The molecule has 2 aliphatic rings. The van der Waals surface area contributed by atoms with Crippen molar-refractivity contribution in [2.75, 3.05) is 0 Å². The van der Waals surface area contributed by atoms with Crippen LogP contribution in [0.4, 0.5) is 0 Å². The Morgan fingerprint density at radius 3 is 2.57 bits per heavy atom. The Labute approximate surface area is 87.3 Å². The third-order valence-electron chi connectivity index (χ3n) is 4.14. The second kappa shape index (κ2) is 4.04. The Bertz CT molecular complexity index is 215. The van der Waals surface area contributed by atoms with Gasteiger partial charge in [0.25, 0.3) is 0 Å². The molecule has 2 aliphatic carbocycles. The van der Waals surface area contributed by atoms with Crippen LogP contribution in [-0.4, -0.2) is 5.78 Å². The number of rotatable bonds is 2. The molecule has 2 saturated carbocycles. The van der Waals surface area contributed by atoms with Crippen LogP contribution in [0.2, 0.25) is 0 Å². The summed E-state index contributed by atoms with van der Waals surface area (Å²) in [4.78, 5) is 11.3. The molecule has 2 fully saturated rings. The standard InChI is InChI=1S/C13H22O/c1-13(8-7-12(14)10-13)9-11-5-3-2-4-6-11/h11H,2-10H2,1H3. The smallest absolute Gasteiger partial charge is 0.133 e. The Morgan fingerprint density at radius 1 is 1.29 bits per heavy atom. The molecule has 0 aromatic carbocycles. The fourth-order valence-corrected chi connectivity index (χ4v) is 3.36. The maximum Gasteiger partial charge on any atom is 0.133 e. The summed E-state index contributed by atoms with van der Waals surface area (Å²) in [6.45, 7) is 2.33. The Morgan fingerprint density at radius 2 is 2.00 bits per heavy atom. The van der Waals surface area contributed by atoms with E-state index in [0.29, 0.717) is 11.2 Å². The zero-order chi connectivity index (χ0) is 10.0. The van der Waals surface area contributed by atoms with Crippen LogP contribution in [0.15, 0.2) is 0 Å². The molecule has 0 heterocycles. The quantitative estimate of drug-likeness (QED) is 0.655. The Kier molecular flexibility index (Phi) is 2.94. The molecule has 14 heavy (non-hydrogen) atoms. The molecule has 0 bridgehead atoms. The number of hydrogen-bond donors (Lipinski definition) is 0. The lowest BCUT2D eigenvalue weighted by molar-refractivity contribution is -0.118. The van der Waals surface area contributed by atoms with Gasteiger partial charge in [-0.3, -0.25) is 4.79 Å². The van der Waals surface area contributed by atoms with Crippen LogP contribution in [0.1, 0.15) is 64.7 Å². The van der Waals surface area contributed by atoms with Crippen LogP contribution in [0.25, 0.3) is 0 Å². The molecule has 0 aliphatic heterocycles. The second-order valence-electron chi connectivity index (χ2n) is 5.73. The van der Waals surface area contributed by atoms with Gasteiger partial charge in [0.2, 0.25) is 0 Å². The van der Waals surface area contributed by atoms with Crippen molar-refractivity contribution in [1.82, 2.24) is 0 Å². The highest BCUT2D eigenvalue weighted by Gasteiger charge is 2.35. The second-order valence-corrected chi connectivity index (χ2v) is 5.73. The summed E-state index contributed by atoms with van der Waals surface area (Å²) in [5.74, 6) is 1.43. The predicted molar refractivity (Wildman–Crippen MR) is 58.2 cm³/mol. The first-order valence-electron chi connectivity index (χ1n) is 6.20. The van der Waals surface area contributed by atoms with Gasteiger partial charge in [-0.1, -0.05) is 39.0 Å². The average Bonchev–Trinajstić information content (AvgIpc) is 2.47. The molecule has 1 heteroatoms. The van der Waals surface area contributed by atoms with Crippen molar-refractivity contribution >= 4 is 5.78 Å². The number of carbonyl (C=O) groups excluding carboxylic acids is 1. The van der Waals surface area contributed by atoms with E-state index in [0.717, 1.165) is 25.2 Å². The number of ketones is 1. The van der Waals surface area contributed by atoms with Gasteiger partial charge in [0.15, 0.2) is 0 Å². The number of Topliss-reactive ketones (excluding diaryl/α,β-unsaturated/α-hetero) is 1. The summed E-state index contributed by atoms with van der Waals surface area (Å²) in [5, 5.41) is 0. The average molecular weight is 194 g/mol. The summed E-state index contributed by atoms with van der Waals surface area (Å²) in [5.41, 5.74) is 0.374. The molecular formula is C13H22O. The van der Waals surface area contributed by atoms with Crippen molar-refractivity contribution in [3.8, 4) is 0 Å². The van der Waals surface area contributed by atoms with Gasteiger partial charge in [0, 0.05) is 12.8 Å². The molecule has 0 amide bonds. The monoisotopic (exact) mass is 194 g/mol. The molecular weight excluding hydrogens is 172 g/mol. The SMILES string of the molecule is CC1(CC2CCCCC2)CCC(=O)C1. The van der Waals surface area contributed by atoms with Crippen molar-refractivity contribution in [2.45, 2.75) is 64.7 Å². The highest BCUT2D eigenvalue weighted by molar-refractivity contribution is 5.81. The molecule has 0 saturated heterocycles. The van der Waals surface area contributed by atoms with Crippen LogP contribution < -0.4 is 0 Å². The van der Waals surface area contributed by atoms with Crippen molar-refractivity contribution in [2.24, 2.45) is 11.3 Å². The van der Waals surface area contributed by atoms with E-state index in [1.807, 2.05) is 0 Å². The maximum atomic E-state index is 11.3. The van der Waals surface area contributed by atoms with Crippen LogP contribution in [0.3, 0.4) is 0 Å². The Balaban J connectivity index is 1.86. The van der Waals surface area contributed by atoms with E-state index in [1.165, 1.54) is 38.5 Å². The first kappa shape index (κ1) is 10.2. The lowest BCUT2D eigenvalue weighted by Crippen LogP contribution is -2.19. The molecule has 2 rings (SSSR count).